The molecule has 0 fully saturated rings. The number of nitrogens with zero attached hydrogens (tertiary/aromatic N) is 6. The molecule has 2 aromatic carbocycles. The van der Waals surface area contributed by atoms with E-state index >= 15 is 0 Å². The highest BCUT2D eigenvalue weighted by atomic mass is 32.2. The van der Waals surface area contributed by atoms with Gasteiger partial charge in [0.1, 0.15) is 0 Å². The molecule has 0 atom stereocenters. The lowest BCUT2D eigenvalue weighted by Gasteiger charge is -2.16. The second kappa shape index (κ2) is 7.66. The molecule has 0 aliphatic rings. The van der Waals surface area contributed by atoms with E-state index in [2.05, 4.69) is 34.2 Å². The molecule has 0 saturated heterocycles. The van der Waals surface area contributed by atoms with Gasteiger partial charge in [0.2, 0.25) is 11.7 Å². The molecule has 0 saturated carbocycles. The molecule has 156 valence electrons. The van der Waals surface area contributed by atoms with Gasteiger partial charge in [0.15, 0.2) is 11.0 Å². The van der Waals surface area contributed by atoms with E-state index in [0.717, 1.165) is 16.8 Å². The number of aryl methyl sites for hydroxylation is 1. The van der Waals surface area contributed by atoms with Gasteiger partial charge in [-0.05, 0) is 29.7 Å². The fourth-order valence-electron chi connectivity index (χ4n) is 3.70. The van der Waals surface area contributed by atoms with Crippen LogP contribution in [0.25, 0.3) is 22.4 Å². The largest absolute Gasteiger partial charge is 0.340 e. The number of thioether (sulfide) groups is 1. The predicted molar refractivity (Wildman–Crippen MR) is 119 cm³/mol. The van der Waals surface area contributed by atoms with Crippen molar-refractivity contribution in [2.75, 3.05) is 0 Å². The Morgan fingerprint density at radius 2 is 1.84 bits per heavy atom. The average molecular weight is 433 g/mol. The lowest BCUT2D eigenvalue weighted by Crippen LogP contribution is -2.23. The number of fused-ring (bicyclic) bond motifs is 3. The summed E-state index contributed by atoms with van der Waals surface area (Å²) in [4.78, 5) is 17.8. The summed E-state index contributed by atoms with van der Waals surface area (Å²) in [5.74, 6) is 2.30. The maximum atomic E-state index is 13.6. The highest BCUT2D eigenvalue weighted by Gasteiger charge is 2.20. The second-order valence-corrected chi connectivity index (χ2v) is 8.45. The van der Waals surface area contributed by atoms with Crippen molar-refractivity contribution in [3.05, 3.63) is 76.2 Å². The van der Waals surface area contributed by atoms with E-state index in [9.17, 15) is 4.79 Å². The van der Waals surface area contributed by atoms with Crippen molar-refractivity contribution in [2.24, 2.45) is 0 Å². The average Bonchev–Trinajstić information content (AvgIpc) is 3.39. The van der Waals surface area contributed by atoms with Crippen molar-refractivity contribution in [3.8, 4) is 5.69 Å². The monoisotopic (exact) mass is 432 g/mol. The normalized spacial score (nSPS) is 11.7. The molecule has 9 heteroatoms. The topological polar surface area (TPSA) is 91.1 Å². The van der Waals surface area contributed by atoms with Crippen LogP contribution in [-0.2, 0) is 5.75 Å². The molecular formula is C22H20N6O2S. The fourth-order valence-corrected chi connectivity index (χ4v) is 4.48. The number of aromatic nitrogens is 6. The highest BCUT2D eigenvalue weighted by Crippen LogP contribution is 2.27. The third-order valence-electron chi connectivity index (χ3n) is 5.09. The minimum absolute atomic E-state index is 0.117. The first-order valence-electron chi connectivity index (χ1n) is 9.94. The molecule has 5 aromatic rings. The van der Waals surface area contributed by atoms with Crippen LogP contribution in [0.15, 0.2) is 63.0 Å². The van der Waals surface area contributed by atoms with Gasteiger partial charge < -0.3 is 4.52 Å². The Labute approximate surface area is 181 Å². The first kappa shape index (κ1) is 19.5. The van der Waals surface area contributed by atoms with Crippen molar-refractivity contribution in [1.29, 1.82) is 0 Å². The first-order chi connectivity index (χ1) is 15.0. The predicted octanol–water partition coefficient (Wildman–Crippen LogP) is 4.14. The van der Waals surface area contributed by atoms with Crippen LogP contribution in [-0.4, -0.2) is 29.3 Å². The zero-order valence-electron chi connectivity index (χ0n) is 17.3. The van der Waals surface area contributed by atoms with Crippen LogP contribution in [0.4, 0.5) is 0 Å². The van der Waals surface area contributed by atoms with Crippen LogP contribution in [0.3, 0.4) is 0 Å². The third-order valence-corrected chi connectivity index (χ3v) is 6.02. The van der Waals surface area contributed by atoms with E-state index in [1.807, 2.05) is 52.9 Å². The quantitative estimate of drug-likeness (QED) is 0.386. The Morgan fingerprint density at radius 3 is 2.61 bits per heavy atom. The molecule has 8 nitrogen and oxygen atoms in total. The van der Waals surface area contributed by atoms with Crippen LogP contribution < -0.4 is 5.56 Å². The Kier molecular flexibility index (Phi) is 4.82. The van der Waals surface area contributed by atoms with Gasteiger partial charge in [0.25, 0.3) is 5.56 Å². The molecule has 0 aliphatic heterocycles. The number of hydrogen-bond donors (Lipinski definition) is 0. The number of benzene rings is 2. The number of hydrogen-bond acceptors (Lipinski definition) is 7. The number of rotatable bonds is 5. The Morgan fingerprint density at radius 1 is 1.06 bits per heavy atom. The third kappa shape index (κ3) is 3.31. The minimum atomic E-state index is -0.117. The van der Waals surface area contributed by atoms with Gasteiger partial charge in [-0.3, -0.25) is 9.20 Å². The lowest BCUT2D eigenvalue weighted by molar-refractivity contribution is 0.389. The van der Waals surface area contributed by atoms with E-state index in [4.69, 9.17) is 4.52 Å². The van der Waals surface area contributed by atoms with Gasteiger partial charge in [-0.2, -0.15) is 4.98 Å². The van der Waals surface area contributed by atoms with E-state index < -0.39 is 0 Å². The standard InChI is InChI=1S/C22H20N6O2S/c1-13(2)15-8-4-6-10-17(15)27-20(29)16-9-5-7-11-18(16)28-21(27)24-25-22(28)31-12-19-23-14(3)30-26-19/h4-11,13H,12H2,1-3H3. The number of para-hydroxylation sites is 2. The summed E-state index contributed by atoms with van der Waals surface area (Å²) in [5, 5.41) is 14.0. The first-order valence-corrected chi connectivity index (χ1v) is 10.9. The summed E-state index contributed by atoms with van der Waals surface area (Å²) in [7, 11) is 0. The van der Waals surface area contributed by atoms with Gasteiger partial charge in [0, 0.05) is 6.92 Å². The van der Waals surface area contributed by atoms with E-state index in [-0.39, 0.29) is 11.5 Å². The van der Waals surface area contributed by atoms with Crippen molar-refractivity contribution in [3.63, 3.8) is 0 Å². The molecule has 0 N–H and O–H groups in total. The summed E-state index contributed by atoms with van der Waals surface area (Å²) in [5.41, 5.74) is 2.53. The molecule has 31 heavy (non-hydrogen) atoms. The van der Waals surface area contributed by atoms with Crippen molar-refractivity contribution < 1.29 is 4.52 Å². The molecule has 0 spiro atoms. The van der Waals surface area contributed by atoms with E-state index in [1.165, 1.54) is 11.8 Å². The molecule has 0 unspecified atom stereocenters. The van der Waals surface area contributed by atoms with Crippen molar-refractivity contribution in [2.45, 2.75) is 37.6 Å². The van der Waals surface area contributed by atoms with E-state index in [1.54, 1.807) is 11.5 Å². The zero-order valence-corrected chi connectivity index (χ0v) is 18.1. The van der Waals surface area contributed by atoms with Crippen LogP contribution in [0.1, 0.15) is 37.0 Å². The van der Waals surface area contributed by atoms with Crippen LogP contribution in [0.5, 0.6) is 0 Å². The maximum absolute atomic E-state index is 13.6. The van der Waals surface area contributed by atoms with Gasteiger partial charge in [-0.25, -0.2) is 4.57 Å². The molecule has 3 heterocycles. The van der Waals surface area contributed by atoms with Crippen LogP contribution >= 0.6 is 11.8 Å². The Balaban J connectivity index is 1.76. The molecule has 0 radical (unpaired) electrons. The van der Waals surface area contributed by atoms with Gasteiger partial charge >= 0.3 is 0 Å². The van der Waals surface area contributed by atoms with Gasteiger partial charge in [0.05, 0.1) is 22.3 Å². The molecule has 3 aromatic heterocycles. The smallest absolute Gasteiger partial charge is 0.267 e. The van der Waals surface area contributed by atoms with Crippen molar-refractivity contribution in [1.82, 2.24) is 29.3 Å². The summed E-state index contributed by atoms with van der Waals surface area (Å²) < 4.78 is 8.64. The fraction of sp³-hybridized carbons (Fsp3) is 0.227. The van der Waals surface area contributed by atoms with Crippen molar-refractivity contribution >= 4 is 28.4 Å². The molecule has 0 amide bonds. The molecule has 0 aliphatic carbocycles. The molecule has 0 bridgehead atoms. The Bertz CT molecular complexity index is 1470. The zero-order chi connectivity index (χ0) is 21.5. The van der Waals surface area contributed by atoms with Gasteiger partial charge in [-0.1, -0.05) is 61.1 Å². The summed E-state index contributed by atoms with van der Waals surface area (Å²) >= 11 is 1.45. The summed E-state index contributed by atoms with van der Waals surface area (Å²) in [6.07, 6.45) is 0. The highest BCUT2D eigenvalue weighted by molar-refractivity contribution is 7.98. The minimum Gasteiger partial charge on any atom is -0.340 e. The summed E-state index contributed by atoms with van der Waals surface area (Å²) in [6.45, 7) is 5.98. The van der Waals surface area contributed by atoms with E-state index in [0.29, 0.717) is 33.8 Å². The van der Waals surface area contributed by atoms with Crippen LogP contribution in [0, 0.1) is 6.92 Å². The SMILES string of the molecule is Cc1nc(CSc2nnc3n(-c4ccccc4C(C)C)c(=O)c4ccccc4n23)no1. The molecule has 5 rings (SSSR count). The van der Waals surface area contributed by atoms with Gasteiger partial charge in [-0.15, -0.1) is 10.2 Å². The van der Waals surface area contributed by atoms with Crippen LogP contribution in [0.2, 0.25) is 0 Å². The summed E-state index contributed by atoms with van der Waals surface area (Å²) in [6, 6.07) is 15.4. The second-order valence-electron chi connectivity index (χ2n) is 7.51. The molecular weight excluding hydrogens is 412 g/mol. The lowest BCUT2D eigenvalue weighted by atomic mass is 10.0. The maximum Gasteiger partial charge on any atom is 0.267 e. The Hall–Kier alpha value is -3.46.